The van der Waals surface area contributed by atoms with Gasteiger partial charge in [0.1, 0.15) is 5.82 Å². The van der Waals surface area contributed by atoms with Crippen molar-refractivity contribution in [3.05, 3.63) is 39.1 Å². The standard InChI is InChI=1S/C16H18IN3O/c1-18-16-13(17)14(10-7-8-10)19-15(20-16)12-6-4-3-5-11(12)9-21-2/h3-6,10H,7-9H2,1-2H3,(H,18,19,20). The second-order valence-electron chi connectivity index (χ2n) is 5.21. The first-order valence-electron chi connectivity index (χ1n) is 7.07. The molecule has 0 atom stereocenters. The Bertz CT molecular complexity index is 656. The van der Waals surface area contributed by atoms with Gasteiger partial charge in [-0.25, -0.2) is 9.97 Å². The van der Waals surface area contributed by atoms with E-state index < -0.39 is 0 Å². The summed E-state index contributed by atoms with van der Waals surface area (Å²) in [6, 6.07) is 8.17. The summed E-state index contributed by atoms with van der Waals surface area (Å²) in [5, 5.41) is 3.19. The van der Waals surface area contributed by atoms with Gasteiger partial charge in [0.05, 0.1) is 15.9 Å². The van der Waals surface area contributed by atoms with E-state index in [1.807, 2.05) is 19.2 Å². The average molecular weight is 395 g/mol. The van der Waals surface area contributed by atoms with Crippen LogP contribution in [0, 0.1) is 3.57 Å². The number of nitrogens with one attached hydrogen (secondary N) is 1. The minimum Gasteiger partial charge on any atom is -0.380 e. The lowest BCUT2D eigenvalue weighted by Crippen LogP contribution is -2.06. The van der Waals surface area contributed by atoms with Crippen molar-refractivity contribution in [2.45, 2.75) is 25.4 Å². The van der Waals surface area contributed by atoms with E-state index >= 15 is 0 Å². The fourth-order valence-electron chi connectivity index (χ4n) is 2.40. The minimum atomic E-state index is 0.569. The zero-order valence-corrected chi connectivity index (χ0v) is 14.3. The summed E-state index contributed by atoms with van der Waals surface area (Å²) < 4.78 is 6.43. The molecule has 21 heavy (non-hydrogen) atoms. The maximum atomic E-state index is 5.29. The molecule has 0 radical (unpaired) electrons. The first kappa shape index (κ1) is 14.7. The monoisotopic (exact) mass is 395 g/mol. The third kappa shape index (κ3) is 3.03. The number of aromatic nitrogens is 2. The highest BCUT2D eigenvalue weighted by Crippen LogP contribution is 2.43. The molecule has 1 aromatic carbocycles. The van der Waals surface area contributed by atoms with Crippen LogP contribution in [0.2, 0.25) is 0 Å². The van der Waals surface area contributed by atoms with Gasteiger partial charge >= 0.3 is 0 Å². The Balaban J connectivity index is 2.12. The van der Waals surface area contributed by atoms with Gasteiger partial charge in [0.25, 0.3) is 0 Å². The van der Waals surface area contributed by atoms with E-state index in [1.165, 1.54) is 18.5 Å². The number of rotatable bonds is 5. The number of methoxy groups -OCH3 is 1. The molecule has 3 rings (SSSR count). The van der Waals surface area contributed by atoms with Gasteiger partial charge in [-0.1, -0.05) is 24.3 Å². The van der Waals surface area contributed by atoms with E-state index in [0.717, 1.165) is 26.3 Å². The van der Waals surface area contributed by atoms with Gasteiger partial charge in [0.15, 0.2) is 5.82 Å². The average Bonchev–Trinajstić information content (AvgIpc) is 3.33. The van der Waals surface area contributed by atoms with Crippen LogP contribution in [0.15, 0.2) is 24.3 Å². The lowest BCUT2D eigenvalue weighted by molar-refractivity contribution is 0.185. The maximum Gasteiger partial charge on any atom is 0.162 e. The molecule has 1 fully saturated rings. The van der Waals surface area contributed by atoms with E-state index in [2.05, 4.69) is 45.0 Å². The predicted molar refractivity (Wildman–Crippen MR) is 92.4 cm³/mol. The van der Waals surface area contributed by atoms with Crippen LogP contribution in [-0.2, 0) is 11.3 Å². The highest BCUT2D eigenvalue weighted by Gasteiger charge is 2.29. The summed E-state index contributed by atoms with van der Waals surface area (Å²) in [6.45, 7) is 0.569. The topological polar surface area (TPSA) is 47.0 Å². The van der Waals surface area contributed by atoms with Gasteiger partial charge in [0, 0.05) is 25.6 Å². The molecule has 1 aliphatic rings. The van der Waals surface area contributed by atoms with E-state index in [9.17, 15) is 0 Å². The van der Waals surface area contributed by atoms with Crippen LogP contribution in [0.3, 0.4) is 0 Å². The number of halogens is 1. The SMILES string of the molecule is CNc1nc(-c2ccccc2COC)nc(C2CC2)c1I. The van der Waals surface area contributed by atoms with Crippen LogP contribution in [-0.4, -0.2) is 24.1 Å². The molecule has 1 N–H and O–H groups in total. The summed E-state index contributed by atoms with van der Waals surface area (Å²) in [5.41, 5.74) is 3.34. The lowest BCUT2D eigenvalue weighted by Gasteiger charge is -2.13. The van der Waals surface area contributed by atoms with Gasteiger partial charge in [-0.15, -0.1) is 0 Å². The Labute approximate surface area is 138 Å². The third-order valence-corrected chi connectivity index (χ3v) is 4.70. The molecule has 0 amide bonds. The van der Waals surface area contributed by atoms with Crippen molar-refractivity contribution in [2.75, 3.05) is 19.5 Å². The highest BCUT2D eigenvalue weighted by molar-refractivity contribution is 14.1. The van der Waals surface area contributed by atoms with Crippen LogP contribution in [0.4, 0.5) is 5.82 Å². The van der Waals surface area contributed by atoms with Crippen molar-refractivity contribution < 1.29 is 4.74 Å². The van der Waals surface area contributed by atoms with Crippen molar-refractivity contribution in [3.8, 4) is 11.4 Å². The molecular formula is C16H18IN3O. The molecule has 5 heteroatoms. The zero-order chi connectivity index (χ0) is 14.8. The predicted octanol–water partition coefficient (Wildman–Crippen LogP) is 3.81. The normalized spacial score (nSPS) is 14.2. The fraction of sp³-hybridized carbons (Fsp3) is 0.375. The van der Waals surface area contributed by atoms with E-state index in [-0.39, 0.29) is 0 Å². The Morgan fingerprint density at radius 2 is 2.05 bits per heavy atom. The molecule has 1 heterocycles. The van der Waals surface area contributed by atoms with Crippen molar-refractivity contribution in [2.24, 2.45) is 0 Å². The number of anilines is 1. The first-order valence-corrected chi connectivity index (χ1v) is 8.15. The molecule has 0 spiro atoms. The van der Waals surface area contributed by atoms with Crippen LogP contribution < -0.4 is 5.32 Å². The van der Waals surface area contributed by atoms with Crippen LogP contribution >= 0.6 is 22.6 Å². The van der Waals surface area contributed by atoms with Crippen molar-refractivity contribution in [1.29, 1.82) is 0 Å². The van der Waals surface area contributed by atoms with Gasteiger partial charge < -0.3 is 10.1 Å². The van der Waals surface area contributed by atoms with Gasteiger partial charge in [0.2, 0.25) is 0 Å². The highest BCUT2D eigenvalue weighted by atomic mass is 127. The quantitative estimate of drug-likeness (QED) is 0.783. The number of ether oxygens (including phenoxy) is 1. The Morgan fingerprint density at radius 3 is 2.71 bits per heavy atom. The number of hydrogen-bond donors (Lipinski definition) is 1. The Morgan fingerprint density at radius 1 is 1.29 bits per heavy atom. The molecule has 0 aliphatic heterocycles. The number of benzene rings is 1. The fourth-order valence-corrected chi connectivity index (χ4v) is 3.35. The largest absolute Gasteiger partial charge is 0.380 e. The van der Waals surface area contributed by atoms with E-state index in [0.29, 0.717) is 12.5 Å². The lowest BCUT2D eigenvalue weighted by atomic mass is 10.1. The summed E-state index contributed by atoms with van der Waals surface area (Å²) in [7, 11) is 3.62. The first-order chi connectivity index (χ1) is 10.2. The minimum absolute atomic E-state index is 0.569. The van der Waals surface area contributed by atoms with Crippen LogP contribution in [0.5, 0.6) is 0 Å². The second-order valence-corrected chi connectivity index (χ2v) is 6.29. The Hall–Kier alpha value is -1.21. The molecule has 0 saturated heterocycles. The van der Waals surface area contributed by atoms with Crippen LogP contribution in [0.1, 0.15) is 30.0 Å². The summed E-state index contributed by atoms with van der Waals surface area (Å²) >= 11 is 2.35. The number of nitrogens with zero attached hydrogens (tertiary/aromatic N) is 2. The van der Waals surface area contributed by atoms with Gasteiger partial charge in [-0.05, 0) is 41.0 Å². The van der Waals surface area contributed by atoms with Gasteiger partial charge in [-0.2, -0.15) is 0 Å². The molecule has 4 nitrogen and oxygen atoms in total. The second kappa shape index (κ2) is 6.27. The molecule has 110 valence electrons. The summed E-state index contributed by atoms with van der Waals surface area (Å²) in [4.78, 5) is 9.53. The van der Waals surface area contributed by atoms with Gasteiger partial charge in [-0.3, -0.25) is 0 Å². The smallest absolute Gasteiger partial charge is 0.162 e. The zero-order valence-electron chi connectivity index (χ0n) is 12.2. The number of hydrogen-bond acceptors (Lipinski definition) is 4. The summed E-state index contributed by atoms with van der Waals surface area (Å²) in [6.07, 6.45) is 2.46. The third-order valence-electron chi connectivity index (χ3n) is 3.64. The molecule has 1 aromatic heterocycles. The summed E-state index contributed by atoms with van der Waals surface area (Å²) in [5.74, 6) is 2.30. The van der Waals surface area contributed by atoms with E-state index in [1.54, 1.807) is 7.11 Å². The molecule has 1 saturated carbocycles. The van der Waals surface area contributed by atoms with E-state index in [4.69, 9.17) is 9.72 Å². The molecule has 0 bridgehead atoms. The maximum absolute atomic E-state index is 5.29. The molecular weight excluding hydrogens is 377 g/mol. The van der Waals surface area contributed by atoms with Crippen molar-refractivity contribution in [3.63, 3.8) is 0 Å². The molecule has 0 unspecified atom stereocenters. The van der Waals surface area contributed by atoms with Crippen molar-refractivity contribution in [1.82, 2.24) is 9.97 Å². The van der Waals surface area contributed by atoms with Crippen molar-refractivity contribution >= 4 is 28.4 Å². The molecule has 2 aromatic rings. The Kier molecular flexibility index (Phi) is 4.40. The molecule has 1 aliphatic carbocycles. The van der Waals surface area contributed by atoms with Crippen LogP contribution in [0.25, 0.3) is 11.4 Å².